The van der Waals surface area contributed by atoms with Gasteiger partial charge in [0.25, 0.3) is 5.91 Å². The number of carbonyl (C=O) groups is 2. The molecule has 5 nitrogen and oxygen atoms in total. The molecule has 2 aromatic carbocycles. The van der Waals surface area contributed by atoms with Crippen LogP contribution in [0.4, 0.5) is 0 Å². The van der Waals surface area contributed by atoms with Crippen LogP contribution in [0.2, 0.25) is 10.0 Å². The largest absolute Gasteiger partial charge is 0.484 e. The maximum absolute atomic E-state index is 12.7. The molecule has 2 aromatic rings. The van der Waals surface area contributed by atoms with Crippen LogP contribution in [-0.4, -0.2) is 41.9 Å². The van der Waals surface area contributed by atoms with Gasteiger partial charge in [-0.2, -0.15) is 0 Å². The number of nitrogens with zero attached hydrogens (tertiary/aromatic N) is 1. The van der Waals surface area contributed by atoms with Gasteiger partial charge in [0, 0.05) is 31.0 Å². The van der Waals surface area contributed by atoms with Crippen LogP contribution in [0.5, 0.6) is 11.5 Å². The Labute approximate surface area is 185 Å². The fraction of sp³-hybridized carbons (Fsp3) is 0.391. The highest BCUT2D eigenvalue weighted by Crippen LogP contribution is 2.44. The monoisotopic (exact) mass is 447 g/mol. The lowest BCUT2D eigenvalue weighted by Crippen LogP contribution is -2.53. The number of ether oxygens (including phenoxy) is 2. The molecule has 2 aliphatic rings. The van der Waals surface area contributed by atoms with Crippen molar-refractivity contribution in [3.8, 4) is 11.5 Å². The average molecular weight is 448 g/mol. The minimum absolute atomic E-state index is 0.00301. The van der Waals surface area contributed by atoms with Crippen LogP contribution in [0.15, 0.2) is 36.4 Å². The van der Waals surface area contributed by atoms with Gasteiger partial charge in [0.2, 0.25) is 0 Å². The second-order valence-electron chi connectivity index (χ2n) is 7.78. The van der Waals surface area contributed by atoms with Crippen molar-refractivity contribution in [3.05, 3.63) is 57.6 Å². The van der Waals surface area contributed by atoms with E-state index in [0.717, 1.165) is 17.7 Å². The van der Waals surface area contributed by atoms with Gasteiger partial charge in [0.1, 0.15) is 17.1 Å². The normalized spacial score (nSPS) is 17.4. The van der Waals surface area contributed by atoms with Gasteiger partial charge in [-0.05, 0) is 30.2 Å². The van der Waals surface area contributed by atoms with Crippen LogP contribution < -0.4 is 9.47 Å². The summed E-state index contributed by atoms with van der Waals surface area (Å²) in [5, 5.41) is 0.753. The van der Waals surface area contributed by atoms with E-state index in [-0.39, 0.29) is 24.7 Å². The number of halogens is 2. The summed E-state index contributed by atoms with van der Waals surface area (Å²) >= 11 is 12.3. The number of ketones is 1. The third kappa shape index (κ3) is 4.14. The Balaban J connectivity index is 1.39. The molecule has 7 heteroatoms. The molecular formula is C23H23Cl2NO4. The number of fused-ring (bicyclic) bond motifs is 1. The van der Waals surface area contributed by atoms with E-state index in [1.54, 1.807) is 17.0 Å². The minimum Gasteiger partial charge on any atom is -0.484 e. The third-order valence-electron chi connectivity index (χ3n) is 5.84. The second-order valence-corrected chi connectivity index (χ2v) is 8.62. The summed E-state index contributed by atoms with van der Waals surface area (Å²) in [4.78, 5) is 27.1. The molecule has 2 heterocycles. The molecule has 0 N–H and O–H groups in total. The molecule has 2 aliphatic heterocycles. The van der Waals surface area contributed by atoms with Crippen molar-refractivity contribution in [2.24, 2.45) is 0 Å². The number of hydrogen-bond donors (Lipinski definition) is 0. The Morgan fingerprint density at radius 2 is 1.93 bits per heavy atom. The molecule has 1 saturated heterocycles. The molecule has 0 saturated carbocycles. The van der Waals surface area contributed by atoms with Crippen LogP contribution in [0.1, 0.15) is 42.1 Å². The number of Topliss-reactive ketones (excluding diaryl/α,β-unsaturated/α-hetero) is 1. The number of likely N-dealkylation sites (tertiary alicyclic amines) is 1. The van der Waals surface area contributed by atoms with Gasteiger partial charge in [-0.25, -0.2) is 0 Å². The number of rotatable bonds is 4. The molecule has 1 amide bonds. The lowest BCUT2D eigenvalue weighted by molar-refractivity contribution is -0.136. The van der Waals surface area contributed by atoms with Crippen molar-refractivity contribution in [1.82, 2.24) is 4.90 Å². The highest BCUT2D eigenvalue weighted by molar-refractivity contribution is 6.36. The van der Waals surface area contributed by atoms with Crippen molar-refractivity contribution in [2.45, 2.75) is 38.2 Å². The first-order valence-electron chi connectivity index (χ1n) is 10.1. The van der Waals surface area contributed by atoms with Crippen molar-refractivity contribution in [2.75, 3.05) is 19.7 Å². The standard InChI is InChI=1S/C23H23Cl2NO4/c1-2-15-5-3-4-6-20(15)29-14-21(28)26-9-7-23(8-10-26)13-19(27)17-11-16(24)12-18(25)22(17)30-23/h3-6,11-12H,2,7-10,13-14H2,1H3. The van der Waals surface area contributed by atoms with E-state index in [0.29, 0.717) is 47.3 Å². The highest BCUT2D eigenvalue weighted by Gasteiger charge is 2.44. The smallest absolute Gasteiger partial charge is 0.260 e. The van der Waals surface area contributed by atoms with E-state index in [1.807, 2.05) is 24.3 Å². The first-order valence-corrected chi connectivity index (χ1v) is 10.9. The topological polar surface area (TPSA) is 55.8 Å². The van der Waals surface area contributed by atoms with E-state index >= 15 is 0 Å². The van der Waals surface area contributed by atoms with E-state index in [2.05, 4.69) is 6.92 Å². The fourth-order valence-corrected chi connectivity index (χ4v) is 4.65. The Morgan fingerprint density at radius 1 is 1.20 bits per heavy atom. The zero-order valence-electron chi connectivity index (χ0n) is 16.7. The second kappa shape index (κ2) is 8.48. The summed E-state index contributed by atoms with van der Waals surface area (Å²) in [6.07, 6.45) is 2.24. The first-order chi connectivity index (χ1) is 14.4. The number of carbonyl (C=O) groups excluding carboxylic acids is 2. The van der Waals surface area contributed by atoms with Crippen molar-refractivity contribution in [1.29, 1.82) is 0 Å². The predicted molar refractivity (Wildman–Crippen MR) is 116 cm³/mol. The molecule has 158 valence electrons. The predicted octanol–water partition coefficient (Wildman–Crippen LogP) is 4.96. The van der Waals surface area contributed by atoms with Gasteiger partial charge in [0.05, 0.1) is 17.0 Å². The average Bonchev–Trinajstić information content (AvgIpc) is 2.74. The number of hydrogen-bond acceptors (Lipinski definition) is 4. The molecule has 1 spiro atoms. The molecule has 1 fully saturated rings. The maximum atomic E-state index is 12.7. The van der Waals surface area contributed by atoms with Crippen LogP contribution in [0.3, 0.4) is 0 Å². The van der Waals surface area contributed by atoms with Crippen LogP contribution in [-0.2, 0) is 11.2 Å². The summed E-state index contributed by atoms with van der Waals surface area (Å²) in [7, 11) is 0. The van der Waals surface area contributed by atoms with Crippen LogP contribution in [0.25, 0.3) is 0 Å². The van der Waals surface area contributed by atoms with Crippen LogP contribution >= 0.6 is 23.2 Å². The van der Waals surface area contributed by atoms with Crippen LogP contribution in [0, 0.1) is 0 Å². The molecule has 0 unspecified atom stereocenters. The summed E-state index contributed by atoms with van der Waals surface area (Å²) in [5.74, 6) is 1.05. The van der Waals surface area contributed by atoms with E-state index < -0.39 is 5.60 Å². The number of benzene rings is 2. The number of para-hydroxylation sites is 1. The van der Waals surface area contributed by atoms with Crippen molar-refractivity contribution >= 4 is 34.9 Å². The summed E-state index contributed by atoms with van der Waals surface area (Å²) in [6.45, 7) is 3.06. The summed E-state index contributed by atoms with van der Waals surface area (Å²) in [6, 6.07) is 10.9. The minimum atomic E-state index is -0.631. The lowest BCUT2D eigenvalue weighted by Gasteiger charge is -2.44. The third-order valence-corrected chi connectivity index (χ3v) is 6.34. The molecule has 0 aromatic heterocycles. The zero-order valence-corrected chi connectivity index (χ0v) is 18.3. The van der Waals surface area contributed by atoms with Crippen molar-refractivity contribution < 1.29 is 19.1 Å². The van der Waals surface area contributed by atoms with Crippen molar-refractivity contribution in [3.63, 3.8) is 0 Å². The van der Waals surface area contributed by atoms with E-state index in [9.17, 15) is 9.59 Å². The Morgan fingerprint density at radius 3 is 2.67 bits per heavy atom. The van der Waals surface area contributed by atoms with Gasteiger partial charge in [-0.1, -0.05) is 48.3 Å². The molecular weight excluding hydrogens is 425 g/mol. The number of piperidine rings is 1. The first kappa shape index (κ1) is 21.0. The fourth-order valence-electron chi connectivity index (χ4n) is 4.12. The highest BCUT2D eigenvalue weighted by atomic mass is 35.5. The number of aryl methyl sites for hydroxylation is 1. The summed E-state index contributed by atoms with van der Waals surface area (Å²) < 4.78 is 12.0. The molecule has 0 bridgehead atoms. The van der Waals surface area contributed by atoms with E-state index in [4.69, 9.17) is 32.7 Å². The van der Waals surface area contributed by atoms with Gasteiger partial charge in [-0.3, -0.25) is 9.59 Å². The van der Waals surface area contributed by atoms with Gasteiger partial charge < -0.3 is 14.4 Å². The molecule has 30 heavy (non-hydrogen) atoms. The molecule has 0 atom stereocenters. The van der Waals surface area contributed by atoms with Gasteiger partial charge in [0.15, 0.2) is 12.4 Å². The van der Waals surface area contributed by atoms with E-state index in [1.165, 1.54) is 0 Å². The number of amides is 1. The van der Waals surface area contributed by atoms with Gasteiger partial charge in [-0.15, -0.1) is 0 Å². The Bertz CT molecular complexity index is 983. The Hall–Kier alpha value is -2.24. The zero-order chi connectivity index (χ0) is 21.3. The molecule has 0 aliphatic carbocycles. The van der Waals surface area contributed by atoms with Gasteiger partial charge >= 0.3 is 0 Å². The quantitative estimate of drug-likeness (QED) is 0.664. The maximum Gasteiger partial charge on any atom is 0.260 e. The molecule has 0 radical (unpaired) electrons. The lowest BCUT2D eigenvalue weighted by atomic mass is 9.82. The SMILES string of the molecule is CCc1ccccc1OCC(=O)N1CCC2(CC1)CC(=O)c1cc(Cl)cc(Cl)c1O2. The summed E-state index contributed by atoms with van der Waals surface area (Å²) in [5.41, 5.74) is 0.876. The molecule has 4 rings (SSSR count). The Kier molecular flexibility index (Phi) is 5.94.